The summed E-state index contributed by atoms with van der Waals surface area (Å²) in [6.07, 6.45) is 0.749. The second-order valence-electron chi connectivity index (χ2n) is 8.56. The molecule has 34 heavy (non-hydrogen) atoms. The molecule has 2 aromatic rings. The van der Waals surface area contributed by atoms with Crippen LogP contribution in [-0.2, 0) is 17.6 Å². The Kier molecular flexibility index (Phi) is 7.43. The number of carbonyl (C=O) groups is 2. The van der Waals surface area contributed by atoms with Crippen LogP contribution in [0, 0.1) is 12.7 Å². The molecule has 0 radical (unpaired) electrons. The molecule has 1 fully saturated rings. The van der Waals surface area contributed by atoms with Crippen LogP contribution in [0.15, 0.2) is 24.3 Å². The number of rotatable bonds is 7. The lowest BCUT2D eigenvalue weighted by atomic mass is 9.91. The summed E-state index contributed by atoms with van der Waals surface area (Å²) in [5.74, 6) is -1.15. The second kappa shape index (κ2) is 10.5. The van der Waals surface area contributed by atoms with Crippen molar-refractivity contribution in [3.05, 3.63) is 63.5 Å². The SMILES string of the molecule is Cc1c(Cc2ccc(C(=O)NCCF)c(F)c2)cc(C(=O)N[C@H]2CCOC[C@@H]2O)c2c1CCO2. The fourth-order valence-electron chi connectivity index (χ4n) is 4.41. The van der Waals surface area contributed by atoms with E-state index in [0.29, 0.717) is 49.4 Å². The van der Waals surface area contributed by atoms with Crippen LogP contribution >= 0.6 is 0 Å². The Bertz CT molecular complexity index is 1090. The first-order valence-corrected chi connectivity index (χ1v) is 11.4. The Labute approximate surface area is 196 Å². The van der Waals surface area contributed by atoms with Gasteiger partial charge in [0.05, 0.1) is 36.5 Å². The number of benzene rings is 2. The molecule has 2 atom stereocenters. The number of alkyl halides is 1. The normalized spacial score (nSPS) is 19.3. The summed E-state index contributed by atoms with van der Waals surface area (Å²) in [6.45, 7) is 2.15. The molecule has 2 amide bonds. The van der Waals surface area contributed by atoms with Crippen molar-refractivity contribution < 1.29 is 33.0 Å². The predicted octanol–water partition coefficient (Wildman–Crippen LogP) is 2.24. The van der Waals surface area contributed by atoms with Gasteiger partial charge < -0.3 is 25.2 Å². The van der Waals surface area contributed by atoms with Crippen LogP contribution in [0.25, 0.3) is 0 Å². The minimum Gasteiger partial charge on any atom is -0.492 e. The molecule has 2 aliphatic heterocycles. The summed E-state index contributed by atoms with van der Waals surface area (Å²) < 4.78 is 37.9. The molecule has 0 spiro atoms. The number of carbonyl (C=O) groups excluding carboxylic acids is 2. The van der Waals surface area contributed by atoms with Gasteiger partial charge >= 0.3 is 0 Å². The van der Waals surface area contributed by atoms with Crippen molar-refractivity contribution in [2.75, 3.05) is 33.0 Å². The largest absolute Gasteiger partial charge is 0.492 e. The smallest absolute Gasteiger partial charge is 0.255 e. The third kappa shape index (κ3) is 5.05. The average molecular weight is 475 g/mol. The van der Waals surface area contributed by atoms with Gasteiger partial charge in [0.25, 0.3) is 11.8 Å². The van der Waals surface area contributed by atoms with Crippen LogP contribution in [0.2, 0.25) is 0 Å². The number of halogens is 2. The van der Waals surface area contributed by atoms with Gasteiger partial charge in [0.15, 0.2) is 0 Å². The minimum atomic E-state index is -0.778. The van der Waals surface area contributed by atoms with Crippen molar-refractivity contribution in [3.8, 4) is 5.75 Å². The number of amides is 2. The molecule has 1 saturated heterocycles. The van der Waals surface area contributed by atoms with E-state index in [1.165, 1.54) is 12.1 Å². The van der Waals surface area contributed by atoms with E-state index in [-0.39, 0.29) is 24.6 Å². The third-order valence-electron chi connectivity index (χ3n) is 6.31. The van der Waals surface area contributed by atoms with E-state index in [0.717, 1.165) is 16.7 Å². The molecule has 182 valence electrons. The number of fused-ring (bicyclic) bond motifs is 1. The lowest BCUT2D eigenvalue weighted by Gasteiger charge is -2.28. The average Bonchev–Trinajstić information content (AvgIpc) is 3.31. The molecule has 3 N–H and O–H groups in total. The molecule has 0 unspecified atom stereocenters. The fourth-order valence-corrected chi connectivity index (χ4v) is 4.41. The zero-order valence-electron chi connectivity index (χ0n) is 19.0. The molecule has 9 heteroatoms. The van der Waals surface area contributed by atoms with E-state index in [4.69, 9.17) is 9.47 Å². The van der Waals surface area contributed by atoms with Gasteiger partial charge in [-0.1, -0.05) is 6.07 Å². The molecular weight excluding hydrogens is 446 g/mol. The highest BCUT2D eigenvalue weighted by Gasteiger charge is 2.29. The Morgan fingerprint density at radius 2 is 2.00 bits per heavy atom. The maximum absolute atomic E-state index is 14.6. The molecule has 2 heterocycles. The van der Waals surface area contributed by atoms with Crippen molar-refractivity contribution >= 4 is 11.8 Å². The molecule has 2 aromatic carbocycles. The van der Waals surface area contributed by atoms with Crippen molar-refractivity contribution in [3.63, 3.8) is 0 Å². The topological polar surface area (TPSA) is 96.9 Å². The van der Waals surface area contributed by atoms with E-state index >= 15 is 0 Å². The highest BCUT2D eigenvalue weighted by Crippen LogP contribution is 2.35. The van der Waals surface area contributed by atoms with E-state index in [2.05, 4.69) is 10.6 Å². The third-order valence-corrected chi connectivity index (χ3v) is 6.31. The molecule has 4 rings (SSSR count). The lowest BCUT2D eigenvalue weighted by Crippen LogP contribution is -2.48. The minimum absolute atomic E-state index is 0.147. The number of aliphatic hydroxyl groups excluding tert-OH is 1. The van der Waals surface area contributed by atoms with Crippen molar-refractivity contribution in [2.24, 2.45) is 0 Å². The van der Waals surface area contributed by atoms with E-state index in [9.17, 15) is 23.5 Å². The summed E-state index contributed by atoms with van der Waals surface area (Å²) in [4.78, 5) is 25.1. The van der Waals surface area contributed by atoms with Gasteiger partial charge in [0.1, 0.15) is 18.2 Å². The molecule has 0 saturated carbocycles. The summed E-state index contributed by atoms with van der Waals surface area (Å²) >= 11 is 0. The molecule has 0 aromatic heterocycles. The van der Waals surface area contributed by atoms with Crippen LogP contribution < -0.4 is 15.4 Å². The maximum Gasteiger partial charge on any atom is 0.255 e. The first kappa shape index (κ1) is 24.1. The Hall–Kier alpha value is -3.04. The van der Waals surface area contributed by atoms with Gasteiger partial charge in [-0.05, 0) is 54.7 Å². The van der Waals surface area contributed by atoms with E-state index in [1.807, 2.05) is 6.92 Å². The standard InChI is InChI=1S/C25H28F2N2O5/c1-14-16(10-15-2-3-18(20(27)11-15)24(31)28-7-6-26)12-19(23-17(14)4-9-34-23)25(32)29-21-5-8-33-13-22(21)30/h2-3,11-12,21-22,30H,4-10,13H2,1H3,(H,28,31)(H,29,32)/t21-,22-/m0/s1. The molecule has 7 nitrogen and oxygen atoms in total. The van der Waals surface area contributed by atoms with Gasteiger partial charge in [0.2, 0.25) is 0 Å². The van der Waals surface area contributed by atoms with Crippen LogP contribution in [-0.4, -0.2) is 62.1 Å². The highest BCUT2D eigenvalue weighted by molar-refractivity contribution is 5.98. The molecule has 0 aliphatic carbocycles. The van der Waals surface area contributed by atoms with Crippen LogP contribution in [0.5, 0.6) is 5.75 Å². The highest BCUT2D eigenvalue weighted by atomic mass is 19.1. The molecule has 0 bridgehead atoms. The first-order valence-electron chi connectivity index (χ1n) is 11.4. The van der Waals surface area contributed by atoms with Crippen molar-refractivity contribution in [2.45, 2.75) is 38.3 Å². The molecular formula is C25H28F2N2O5. The van der Waals surface area contributed by atoms with Gasteiger partial charge in [0, 0.05) is 25.1 Å². The van der Waals surface area contributed by atoms with Crippen molar-refractivity contribution in [1.29, 1.82) is 0 Å². The Morgan fingerprint density at radius 3 is 2.74 bits per heavy atom. The summed E-state index contributed by atoms with van der Waals surface area (Å²) in [5.41, 5.74) is 3.63. The van der Waals surface area contributed by atoms with Gasteiger partial charge in [-0.3, -0.25) is 9.59 Å². The number of hydrogen-bond acceptors (Lipinski definition) is 5. The first-order chi connectivity index (χ1) is 16.4. The summed E-state index contributed by atoms with van der Waals surface area (Å²) in [7, 11) is 0. The molecule has 2 aliphatic rings. The maximum atomic E-state index is 14.6. The zero-order chi connectivity index (χ0) is 24.2. The second-order valence-corrected chi connectivity index (χ2v) is 8.56. The fraction of sp³-hybridized carbons (Fsp3) is 0.440. The van der Waals surface area contributed by atoms with Crippen LogP contribution in [0.1, 0.15) is 49.4 Å². The number of aliphatic hydroxyl groups is 1. The van der Waals surface area contributed by atoms with E-state index in [1.54, 1.807) is 12.1 Å². The number of hydrogen-bond donors (Lipinski definition) is 3. The number of ether oxygens (including phenoxy) is 2. The quantitative estimate of drug-likeness (QED) is 0.572. The van der Waals surface area contributed by atoms with Gasteiger partial charge in [-0.25, -0.2) is 8.78 Å². The predicted molar refractivity (Wildman–Crippen MR) is 121 cm³/mol. The van der Waals surface area contributed by atoms with Gasteiger partial charge in [-0.2, -0.15) is 0 Å². The van der Waals surface area contributed by atoms with Gasteiger partial charge in [-0.15, -0.1) is 0 Å². The Balaban J connectivity index is 1.58. The zero-order valence-corrected chi connectivity index (χ0v) is 19.0. The van der Waals surface area contributed by atoms with Crippen LogP contribution in [0.3, 0.4) is 0 Å². The van der Waals surface area contributed by atoms with Crippen LogP contribution in [0.4, 0.5) is 8.78 Å². The summed E-state index contributed by atoms with van der Waals surface area (Å²) in [6, 6.07) is 5.65. The van der Waals surface area contributed by atoms with Crippen molar-refractivity contribution in [1.82, 2.24) is 10.6 Å². The number of nitrogens with one attached hydrogen (secondary N) is 2. The van der Waals surface area contributed by atoms with E-state index < -0.39 is 30.5 Å². The summed E-state index contributed by atoms with van der Waals surface area (Å²) in [5, 5.41) is 15.3. The lowest BCUT2D eigenvalue weighted by molar-refractivity contribution is -0.0261. The monoisotopic (exact) mass is 474 g/mol. The Morgan fingerprint density at radius 1 is 1.18 bits per heavy atom.